The number of nitrogens with two attached hydrogens (primary N) is 1. The molecule has 0 fully saturated rings. The van der Waals surface area contributed by atoms with E-state index in [0.717, 1.165) is 5.01 Å². The number of aliphatic hydroxyl groups excluding tert-OH is 3. The highest BCUT2D eigenvalue weighted by molar-refractivity contribution is 5.78. The minimum absolute atomic E-state index is 0.146. The molecule has 0 saturated heterocycles. The van der Waals surface area contributed by atoms with Gasteiger partial charge in [0.05, 0.1) is 18.0 Å². The first-order chi connectivity index (χ1) is 8.00. The number of hydrogen-bond donors (Lipinski definition) is 4. The van der Waals surface area contributed by atoms with Crippen molar-refractivity contribution in [3.05, 3.63) is 17.6 Å². The van der Waals surface area contributed by atoms with Gasteiger partial charge in [0.25, 0.3) is 0 Å². The van der Waals surface area contributed by atoms with Crippen LogP contribution in [0.4, 0.5) is 5.82 Å². The van der Waals surface area contributed by atoms with Crippen molar-refractivity contribution in [1.29, 1.82) is 0 Å². The molecule has 0 spiro atoms. The summed E-state index contributed by atoms with van der Waals surface area (Å²) in [6.07, 6.45) is -0.801. The Morgan fingerprint density at radius 1 is 1.47 bits per heavy atom. The maximum absolute atomic E-state index is 9.63. The topological polar surface area (TPSA) is 128 Å². The molecule has 3 atom stereocenters. The van der Waals surface area contributed by atoms with Crippen LogP contribution >= 0.6 is 0 Å². The second kappa shape index (κ2) is 4.34. The molecule has 0 aliphatic carbocycles. The Kier molecular flexibility index (Phi) is 3.03. The molecule has 1 aliphatic rings. The normalized spacial score (nSPS) is 22.2. The van der Waals surface area contributed by atoms with E-state index in [0.29, 0.717) is 0 Å². The van der Waals surface area contributed by atoms with Crippen molar-refractivity contribution < 1.29 is 15.3 Å². The van der Waals surface area contributed by atoms with Crippen LogP contribution in [0.2, 0.25) is 0 Å². The van der Waals surface area contributed by atoms with Gasteiger partial charge < -0.3 is 15.3 Å². The van der Waals surface area contributed by atoms with Crippen LogP contribution in [0.3, 0.4) is 0 Å². The molecule has 1 aromatic heterocycles. The molecule has 0 bridgehead atoms. The maximum atomic E-state index is 9.63. The van der Waals surface area contributed by atoms with Crippen LogP contribution in [0.5, 0.6) is 0 Å². The van der Waals surface area contributed by atoms with E-state index in [9.17, 15) is 15.3 Å². The Labute approximate surface area is 97.0 Å². The summed E-state index contributed by atoms with van der Waals surface area (Å²) in [4.78, 5) is 11.7. The van der Waals surface area contributed by atoms with Crippen LogP contribution < -0.4 is 10.9 Å². The van der Waals surface area contributed by atoms with Crippen molar-refractivity contribution in [3.63, 3.8) is 0 Å². The van der Waals surface area contributed by atoms with Crippen LogP contribution in [0.25, 0.3) is 0 Å². The second-order valence-corrected chi connectivity index (χ2v) is 3.73. The molecule has 8 heteroatoms. The van der Waals surface area contributed by atoms with Gasteiger partial charge >= 0.3 is 0 Å². The van der Waals surface area contributed by atoms with Gasteiger partial charge in [0.2, 0.25) is 0 Å². The minimum atomic E-state index is -1.17. The molecule has 1 aromatic rings. The highest BCUT2D eigenvalue weighted by atomic mass is 16.3. The third-order valence-electron chi connectivity index (χ3n) is 2.38. The van der Waals surface area contributed by atoms with Gasteiger partial charge in [0, 0.05) is 0 Å². The van der Waals surface area contributed by atoms with Gasteiger partial charge in [-0.05, 0) is 6.92 Å². The monoisotopic (exact) mass is 239 g/mol. The van der Waals surface area contributed by atoms with Gasteiger partial charge in [0.15, 0.2) is 12.0 Å². The molecule has 2 rings (SSSR count). The third kappa shape index (κ3) is 2.11. The van der Waals surface area contributed by atoms with Crippen molar-refractivity contribution in [3.8, 4) is 0 Å². The minimum Gasteiger partial charge on any atom is -0.390 e. The van der Waals surface area contributed by atoms with Gasteiger partial charge in [-0.3, -0.25) is 0 Å². The summed E-state index contributed by atoms with van der Waals surface area (Å²) in [5.74, 6) is 5.81. The average molecular weight is 239 g/mol. The van der Waals surface area contributed by atoms with E-state index in [-0.39, 0.29) is 17.2 Å². The van der Waals surface area contributed by atoms with Crippen LogP contribution in [-0.4, -0.2) is 37.7 Å². The first-order valence-electron chi connectivity index (χ1n) is 4.99. The van der Waals surface area contributed by atoms with Crippen molar-refractivity contribution in [2.24, 2.45) is 10.8 Å². The lowest BCUT2D eigenvalue weighted by Crippen LogP contribution is -2.35. The smallest absolute Gasteiger partial charge is 0.193 e. The van der Waals surface area contributed by atoms with Crippen LogP contribution in [0.15, 0.2) is 11.2 Å². The van der Waals surface area contributed by atoms with Crippen LogP contribution in [0, 0.1) is 0 Å². The third-order valence-corrected chi connectivity index (χ3v) is 2.38. The molecular weight excluding hydrogens is 226 g/mol. The Balaban J connectivity index is 2.41. The maximum Gasteiger partial charge on any atom is 0.193 e. The fourth-order valence-electron chi connectivity index (χ4n) is 1.43. The predicted octanol–water partition coefficient (Wildman–Crippen LogP) is -1.40. The average Bonchev–Trinajstić information content (AvgIpc) is 2.32. The largest absolute Gasteiger partial charge is 0.390 e. The van der Waals surface area contributed by atoms with E-state index in [4.69, 9.17) is 5.84 Å². The van der Waals surface area contributed by atoms with Gasteiger partial charge in [-0.15, -0.1) is 0 Å². The molecular formula is C9H13N5O3. The van der Waals surface area contributed by atoms with Gasteiger partial charge in [0.1, 0.15) is 18.1 Å². The standard InChI is InChI=1S/C9H13N5O3/c1-4(15)7(16)5-2-11-8-6(13-5)9(17)12-3-14(8)10/h2-4,7,9,15-17H,10H2,1H3. The van der Waals surface area contributed by atoms with Crippen molar-refractivity contribution in [1.82, 2.24) is 9.97 Å². The second-order valence-electron chi connectivity index (χ2n) is 3.73. The molecule has 3 unspecified atom stereocenters. The summed E-state index contributed by atoms with van der Waals surface area (Å²) in [5.41, 5.74) is 0.301. The molecule has 0 aromatic carbocycles. The number of aliphatic imine (C=N–C) groups is 1. The number of fused-ring (bicyclic) bond motifs is 1. The number of aromatic nitrogens is 2. The van der Waals surface area contributed by atoms with Crippen LogP contribution in [-0.2, 0) is 0 Å². The molecule has 92 valence electrons. The Bertz CT molecular complexity index is 450. The first kappa shape index (κ1) is 11.9. The zero-order chi connectivity index (χ0) is 12.6. The summed E-state index contributed by atoms with van der Waals surface area (Å²) in [5, 5.41) is 29.6. The Morgan fingerprint density at radius 2 is 2.18 bits per heavy atom. The van der Waals surface area contributed by atoms with Crippen molar-refractivity contribution >= 4 is 12.2 Å². The van der Waals surface area contributed by atoms with Crippen LogP contribution in [0.1, 0.15) is 30.6 Å². The molecule has 17 heavy (non-hydrogen) atoms. The molecule has 5 N–H and O–H groups in total. The van der Waals surface area contributed by atoms with E-state index in [2.05, 4.69) is 15.0 Å². The van der Waals surface area contributed by atoms with E-state index in [1.807, 2.05) is 0 Å². The zero-order valence-electron chi connectivity index (χ0n) is 9.09. The number of hydrogen-bond acceptors (Lipinski definition) is 8. The Morgan fingerprint density at radius 3 is 2.82 bits per heavy atom. The molecule has 2 heterocycles. The van der Waals surface area contributed by atoms with E-state index in [1.165, 1.54) is 19.5 Å². The fraction of sp³-hybridized carbons (Fsp3) is 0.444. The fourth-order valence-corrected chi connectivity index (χ4v) is 1.43. The quantitative estimate of drug-likeness (QED) is 0.467. The summed E-state index contributed by atoms with van der Waals surface area (Å²) in [6, 6.07) is 0. The van der Waals surface area contributed by atoms with E-state index < -0.39 is 18.4 Å². The highest BCUT2D eigenvalue weighted by Crippen LogP contribution is 2.26. The summed E-state index contributed by atoms with van der Waals surface area (Å²) < 4.78 is 0. The SMILES string of the molecule is CC(O)C(O)c1cnc2c(n1)C(O)N=CN2N. The number of aliphatic hydroxyl groups is 3. The molecule has 1 aliphatic heterocycles. The lowest BCUT2D eigenvalue weighted by atomic mass is 10.1. The zero-order valence-corrected chi connectivity index (χ0v) is 9.09. The first-order valence-corrected chi connectivity index (χ1v) is 4.99. The van der Waals surface area contributed by atoms with Crippen molar-refractivity contribution in [2.75, 3.05) is 5.01 Å². The molecule has 0 saturated carbocycles. The number of rotatable bonds is 2. The lowest BCUT2D eigenvalue weighted by molar-refractivity contribution is 0.0271. The Hall–Kier alpha value is -1.61. The molecule has 0 amide bonds. The number of hydrazine groups is 1. The summed E-state index contributed by atoms with van der Waals surface area (Å²) in [6.45, 7) is 1.43. The molecule has 0 radical (unpaired) electrons. The summed E-state index contributed by atoms with van der Waals surface area (Å²) >= 11 is 0. The van der Waals surface area contributed by atoms with Gasteiger partial charge in [-0.25, -0.2) is 25.8 Å². The number of anilines is 1. The predicted molar refractivity (Wildman–Crippen MR) is 58.8 cm³/mol. The number of nitrogens with zero attached hydrogens (tertiary/aromatic N) is 4. The van der Waals surface area contributed by atoms with Crippen molar-refractivity contribution in [2.45, 2.75) is 25.4 Å². The van der Waals surface area contributed by atoms with Gasteiger partial charge in [-0.1, -0.05) is 0 Å². The lowest BCUT2D eigenvalue weighted by Gasteiger charge is -2.23. The molecule has 8 nitrogen and oxygen atoms in total. The van der Waals surface area contributed by atoms with E-state index in [1.54, 1.807) is 0 Å². The highest BCUT2D eigenvalue weighted by Gasteiger charge is 2.25. The summed E-state index contributed by atoms with van der Waals surface area (Å²) in [7, 11) is 0. The van der Waals surface area contributed by atoms with E-state index >= 15 is 0 Å². The van der Waals surface area contributed by atoms with Gasteiger partial charge in [-0.2, -0.15) is 0 Å².